The number of aromatic nitrogens is 1. The molecule has 0 saturated carbocycles. The summed E-state index contributed by atoms with van der Waals surface area (Å²) < 4.78 is 5.49. The van der Waals surface area contributed by atoms with E-state index in [1.165, 1.54) is 5.56 Å². The molecule has 0 fully saturated rings. The molecule has 0 saturated heterocycles. The molecule has 1 aromatic carbocycles. The fourth-order valence-electron chi connectivity index (χ4n) is 2.14. The standard InChI is InChI=1S/C12H12N2O/c1-15-12-8-4-2-3-5-10(8)14-11-7-13-6-9(11)12/h2-5,13H,6-7H2,1H3. The summed E-state index contributed by atoms with van der Waals surface area (Å²) >= 11 is 0. The van der Waals surface area contributed by atoms with E-state index in [-0.39, 0.29) is 0 Å². The summed E-state index contributed by atoms with van der Waals surface area (Å²) in [5, 5.41) is 4.39. The van der Waals surface area contributed by atoms with E-state index in [2.05, 4.69) is 16.4 Å². The Hall–Kier alpha value is -1.61. The van der Waals surface area contributed by atoms with Gasteiger partial charge in [-0.2, -0.15) is 0 Å². The molecule has 1 N–H and O–H groups in total. The van der Waals surface area contributed by atoms with Gasteiger partial charge in [0.05, 0.1) is 18.3 Å². The van der Waals surface area contributed by atoms with Crippen molar-refractivity contribution in [3.63, 3.8) is 0 Å². The number of hydrogen-bond acceptors (Lipinski definition) is 3. The first-order chi connectivity index (χ1) is 7.40. The van der Waals surface area contributed by atoms with E-state index in [4.69, 9.17) is 4.74 Å². The second-order valence-electron chi connectivity index (χ2n) is 3.69. The smallest absolute Gasteiger partial charge is 0.134 e. The lowest BCUT2D eigenvalue weighted by Crippen LogP contribution is -2.00. The fourth-order valence-corrected chi connectivity index (χ4v) is 2.14. The number of para-hydroxylation sites is 1. The van der Waals surface area contributed by atoms with Crippen LogP contribution in [0.3, 0.4) is 0 Å². The molecule has 1 aliphatic rings. The summed E-state index contributed by atoms with van der Waals surface area (Å²) in [6, 6.07) is 8.10. The molecule has 15 heavy (non-hydrogen) atoms. The number of fused-ring (bicyclic) bond motifs is 2. The summed E-state index contributed by atoms with van der Waals surface area (Å²) in [5.74, 6) is 0.973. The zero-order chi connectivity index (χ0) is 10.3. The van der Waals surface area contributed by atoms with Crippen molar-refractivity contribution in [2.45, 2.75) is 13.1 Å². The van der Waals surface area contributed by atoms with E-state index < -0.39 is 0 Å². The van der Waals surface area contributed by atoms with Gasteiger partial charge in [-0.05, 0) is 12.1 Å². The molecule has 0 atom stereocenters. The first-order valence-corrected chi connectivity index (χ1v) is 5.05. The molecular weight excluding hydrogens is 188 g/mol. The van der Waals surface area contributed by atoms with Crippen molar-refractivity contribution < 1.29 is 4.74 Å². The van der Waals surface area contributed by atoms with Gasteiger partial charge in [-0.1, -0.05) is 12.1 Å². The van der Waals surface area contributed by atoms with Crippen molar-refractivity contribution in [1.82, 2.24) is 10.3 Å². The molecule has 3 rings (SSSR count). The maximum absolute atomic E-state index is 5.49. The molecule has 0 unspecified atom stereocenters. The topological polar surface area (TPSA) is 34.1 Å². The molecule has 1 aromatic heterocycles. The van der Waals surface area contributed by atoms with Crippen LogP contribution in [-0.4, -0.2) is 12.1 Å². The second kappa shape index (κ2) is 3.21. The lowest BCUT2D eigenvalue weighted by atomic mass is 10.1. The van der Waals surface area contributed by atoms with Crippen LogP contribution in [0.15, 0.2) is 24.3 Å². The number of ether oxygens (including phenoxy) is 1. The molecule has 0 aliphatic carbocycles. The van der Waals surface area contributed by atoms with Crippen LogP contribution < -0.4 is 10.1 Å². The normalized spacial score (nSPS) is 14.2. The number of benzene rings is 1. The van der Waals surface area contributed by atoms with Gasteiger partial charge in [0.15, 0.2) is 0 Å². The molecule has 0 spiro atoms. The van der Waals surface area contributed by atoms with Crippen LogP contribution >= 0.6 is 0 Å². The monoisotopic (exact) mass is 200 g/mol. The van der Waals surface area contributed by atoms with Crippen LogP contribution in [0.1, 0.15) is 11.3 Å². The van der Waals surface area contributed by atoms with E-state index in [9.17, 15) is 0 Å². The Morgan fingerprint density at radius 3 is 3.00 bits per heavy atom. The van der Waals surface area contributed by atoms with Crippen LogP contribution in [0, 0.1) is 0 Å². The van der Waals surface area contributed by atoms with Gasteiger partial charge < -0.3 is 10.1 Å². The highest BCUT2D eigenvalue weighted by Gasteiger charge is 2.19. The van der Waals surface area contributed by atoms with E-state index in [1.807, 2.05) is 18.2 Å². The maximum atomic E-state index is 5.49. The first-order valence-electron chi connectivity index (χ1n) is 5.05. The lowest BCUT2D eigenvalue weighted by molar-refractivity contribution is 0.414. The number of nitrogens with one attached hydrogen (secondary N) is 1. The summed E-state index contributed by atoms with van der Waals surface area (Å²) in [5.41, 5.74) is 3.33. The zero-order valence-electron chi connectivity index (χ0n) is 8.58. The zero-order valence-corrected chi connectivity index (χ0v) is 8.58. The summed E-state index contributed by atoms with van der Waals surface area (Å²) in [6.45, 7) is 1.70. The number of methoxy groups -OCH3 is 1. The van der Waals surface area contributed by atoms with Gasteiger partial charge in [-0.25, -0.2) is 0 Å². The molecule has 1 aliphatic heterocycles. The Morgan fingerprint density at radius 2 is 2.13 bits per heavy atom. The Labute approximate surface area is 88.1 Å². The quantitative estimate of drug-likeness (QED) is 0.762. The third-order valence-corrected chi connectivity index (χ3v) is 2.82. The van der Waals surface area contributed by atoms with Crippen LogP contribution in [0.25, 0.3) is 10.9 Å². The summed E-state index contributed by atoms with van der Waals surface area (Å²) in [7, 11) is 1.72. The van der Waals surface area contributed by atoms with Gasteiger partial charge in [0.25, 0.3) is 0 Å². The predicted molar refractivity (Wildman–Crippen MR) is 58.8 cm³/mol. The summed E-state index contributed by atoms with van der Waals surface area (Å²) in [4.78, 5) is 4.62. The lowest BCUT2D eigenvalue weighted by Gasteiger charge is -2.09. The molecule has 0 amide bonds. The van der Waals surface area contributed by atoms with Crippen LogP contribution in [-0.2, 0) is 13.1 Å². The molecule has 3 heteroatoms. The van der Waals surface area contributed by atoms with Crippen molar-refractivity contribution in [2.24, 2.45) is 0 Å². The number of hydrogen-bond donors (Lipinski definition) is 1. The first kappa shape index (κ1) is 8.68. The van der Waals surface area contributed by atoms with E-state index in [0.29, 0.717) is 0 Å². The van der Waals surface area contributed by atoms with Crippen molar-refractivity contribution in [1.29, 1.82) is 0 Å². The van der Waals surface area contributed by atoms with Crippen molar-refractivity contribution in [3.8, 4) is 5.75 Å². The number of rotatable bonds is 1. The Kier molecular flexibility index (Phi) is 1.86. The van der Waals surface area contributed by atoms with Gasteiger partial charge in [-0.3, -0.25) is 4.98 Å². The van der Waals surface area contributed by atoms with Crippen molar-refractivity contribution >= 4 is 10.9 Å². The molecule has 0 radical (unpaired) electrons. The Bertz CT molecular complexity index is 522. The Morgan fingerprint density at radius 1 is 1.27 bits per heavy atom. The molecule has 3 nitrogen and oxygen atoms in total. The molecule has 0 bridgehead atoms. The molecule has 76 valence electrons. The van der Waals surface area contributed by atoms with Gasteiger partial charge in [-0.15, -0.1) is 0 Å². The third-order valence-electron chi connectivity index (χ3n) is 2.82. The molecule has 2 heterocycles. The van der Waals surface area contributed by atoms with Crippen LogP contribution in [0.4, 0.5) is 0 Å². The van der Waals surface area contributed by atoms with Gasteiger partial charge in [0.1, 0.15) is 5.75 Å². The highest BCUT2D eigenvalue weighted by atomic mass is 16.5. The van der Waals surface area contributed by atoms with E-state index in [0.717, 1.165) is 35.4 Å². The molecular formula is C12H12N2O. The third kappa shape index (κ3) is 1.20. The van der Waals surface area contributed by atoms with Crippen molar-refractivity contribution in [2.75, 3.05) is 7.11 Å². The van der Waals surface area contributed by atoms with Gasteiger partial charge in [0, 0.05) is 24.0 Å². The van der Waals surface area contributed by atoms with Crippen LogP contribution in [0.5, 0.6) is 5.75 Å². The minimum atomic E-state index is 0.844. The van der Waals surface area contributed by atoms with Gasteiger partial charge in [0.2, 0.25) is 0 Å². The fraction of sp³-hybridized carbons (Fsp3) is 0.250. The van der Waals surface area contributed by atoms with E-state index >= 15 is 0 Å². The minimum absolute atomic E-state index is 0.844. The highest BCUT2D eigenvalue weighted by molar-refractivity contribution is 5.87. The maximum Gasteiger partial charge on any atom is 0.134 e. The van der Waals surface area contributed by atoms with E-state index in [1.54, 1.807) is 7.11 Å². The number of pyridine rings is 1. The average molecular weight is 200 g/mol. The minimum Gasteiger partial charge on any atom is -0.496 e. The van der Waals surface area contributed by atoms with Crippen molar-refractivity contribution in [3.05, 3.63) is 35.5 Å². The molecule has 2 aromatic rings. The summed E-state index contributed by atoms with van der Waals surface area (Å²) in [6.07, 6.45) is 0. The average Bonchev–Trinajstić information content (AvgIpc) is 2.73. The number of nitrogens with zero attached hydrogens (tertiary/aromatic N) is 1. The second-order valence-corrected chi connectivity index (χ2v) is 3.69. The Balaban J connectivity index is 2.41. The van der Waals surface area contributed by atoms with Crippen LogP contribution in [0.2, 0.25) is 0 Å². The highest BCUT2D eigenvalue weighted by Crippen LogP contribution is 2.32. The largest absolute Gasteiger partial charge is 0.496 e. The SMILES string of the molecule is COc1c2c(nc3ccccc13)CNC2. The van der Waals surface area contributed by atoms with Gasteiger partial charge >= 0.3 is 0 Å². The predicted octanol–water partition coefficient (Wildman–Crippen LogP) is 1.85.